The molecule has 2 aromatic rings. The zero-order valence-electron chi connectivity index (χ0n) is 11.6. The summed E-state index contributed by atoms with van der Waals surface area (Å²) in [7, 11) is 1.87. The molecule has 0 unspecified atom stereocenters. The van der Waals surface area contributed by atoms with E-state index >= 15 is 0 Å². The second kappa shape index (κ2) is 5.74. The molecule has 0 aliphatic carbocycles. The van der Waals surface area contributed by atoms with E-state index in [0.29, 0.717) is 5.02 Å². The molecule has 5 heteroatoms. The van der Waals surface area contributed by atoms with Crippen LogP contribution in [0.25, 0.3) is 0 Å². The summed E-state index contributed by atoms with van der Waals surface area (Å²) in [6.45, 7) is 0.731. The zero-order chi connectivity index (χ0) is 14.8. The number of hydrazone groups is 1. The first kappa shape index (κ1) is 13.9. The molecule has 0 fully saturated rings. The van der Waals surface area contributed by atoms with Crippen LogP contribution in [0, 0.1) is 5.82 Å². The lowest BCUT2D eigenvalue weighted by atomic mass is 10.1. The quantitative estimate of drug-likeness (QED) is 0.923. The van der Waals surface area contributed by atoms with Crippen LogP contribution in [0.2, 0.25) is 5.02 Å². The van der Waals surface area contributed by atoms with E-state index in [-0.39, 0.29) is 5.82 Å². The van der Waals surface area contributed by atoms with E-state index in [4.69, 9.17) is 11.6 Å². The molecule has 1 heterocycles. The molecule has 1 N–H and O–H groups in total. The van der Waals surface area contributed by atoms with Gasteiger partial charge in [0, 0.05) is 36.3 Å². The number of hydrogen-bond donors (Lipinski definition) is 1. The van der Waals surface area contributed by atoms with Gasteiger partial charge in [0.1, 0.15) is 5.82 Å². The van der Waals surface area contributed by atoms with Gasteiger partial charge in [-0.05, 0) is 36.4 Å². The fraction of sp³-hybridized carbons (Fsp3) is 0.188. The van der Waals surface area contributed by atoms with Gasteiger partial charge in [0.05, 0.1) is 11.4 Å². The summed E-state index contributed by atoms with van der Waals surface area (Å²) in [4.78, 5) is 0. The molecular weight excluding hydrogens is 289 g/mol. The molecule has 21 heavy (non-hydrogen) atoms. The number of nitrogens with one attached hydrogen (secondary N) is 1. The van der Waals surface area contributed by atoms with Gasteiger partial charge >= 0.3 is 0 Å². The number of halogens is 2. The number of anilines is 2. The normalized spacial score (nSPS) is 14.2. The lowest BCUT2D eigenvalue weighted by molar-refractivity contribution is 0.627. The molecular formula is C16H15ClFN3. The van der Waals surface area contributed by atoms with Gasteiger partial charge in [-0.15, -0.1) is 0 Å². The Morgan fingerprint density at radius 3 is 2.86 bits per heavy atom. The van der Waals surface area contributed by atoms with Crippen molar-refractivity contribution in [1.82, 2.24) is 0 Å². The van der Waals surface area contributed by atoms with Crippen LogP contribution >= 0.6 is 11.6 Å². The standard InChI is InChI=1S/C16H15ClFN3/c1-19-15-6-5-11(17)9-14(15)16-7-8-21(20-16)13-4-2-3-12(18)10-13/h2-6,9-10,19H,7-8H2,1H3. The highest BCUT2D eigenvalue weighted by Crippen LogP contribution is 2.27. The van der Waals surface area contributed by atoms with Gasteiger partial charge in [-0.3, -0.25) is 5.01 Å². The Bertz CT molecular complexity index is 700. The smallest absolute Gasteiger partial charge is 0.125 e. The maximum Gasteiger partial charge on any atom is 0.125 e. The first-order valence-corrected chi connectivity index (χ1v) is 7.13. The molecule has 0 aromatic heterocycles. The van der Waals surface area contributed by atoms with E-state index in [1.165, 1.54) is 12.1 Å². The number of nitrogens with zero attached hydrogens (tertiary/aromatic N) is 2. The van der Waals surface area contributed by atoms with Crippen molar-refractivity contribution < 1.29 is 4.39 Å². The number of benzene rings is 2. The molecule has 0 saturated heterocycles. The third-order valence-corrected chi connectivity index (χ3v) is 3.71. The van der Waals surface area contributed by atoms with E-state index in [0.717, 1.165) is 35.6 Å². The van der Waals surface area contributed by atoms with Gasteiger partial charge in [0.2, 0.25) is 0 Å². The second-order valence-corrected chi connectivity index (χ2v) is 5.28. The van der Waals surface area contributed by atoms with Crippen LogP contribution in [-0.2, 0) is 0 Å². The molecule has 108 valence electrons. The third kappa shape index (κ3) is 2.85. The fourth-order valence-corrected chi connectivity index (χ4v) is 2.61. The third-order valence-electron chi connectivity index (χ3n) is 3.47. The highest BCUT2D eigenvalue weighted by Gasteiger charge is 2.19. The van der Waals surface area contributed by atoms with Gasteiger partial charge in [-0.25, -0.2) is 4.39 Å². The summed E-state index contributed by atoms with van der Waals surface area (Å²) in [6.07, 6.45) is 0.797. The van der Waals surface area contributed by atoms with Crippen LogP contribution in [-0.4, -0.2) is 19.3 Å². The predicted octanol–water partition coefficient (Wildman–Crippen LogP) is 4.14. The van der Waals surface area contributed by atoms with Gasteiger partial charge < -0.3 is 5.32 Å². The van der Waals surface area contributed by atoms with E-state index in [2.05, 4.69) is 10.4 Å². The minimum atomic E-state index is -0.255. The largest absolute Gasteiger partial charge is 0.388 e. The molecule has 3 nitrogen and oxygen atoms in total. The van der Waals surface area contributed by atoms with Crippen molar-refractivity contribution >= 4 is 28.7 Å². The van der Waals surface area contributed by atoms with Gasteiger partial charge in [0.25, 0.3) is 0 Å². The molecule has 0 saturated carbocycles. The molecule has 0 spiro atoms. The average Bonchev–Trinajstić information content (AvgIpc) is 2.97. The van der Waals surface area contributed by atoms with Crippen molar-refractivity contribution in [1.29, 1.82) is 0 Å². The predicted molar refractivity (Wildman–Crippen MR) is 85.9 cm³/mol. The lowest BCUT2D eigenvalue weighted by Crippen LogP contribution is -2.11. The monoisotopic (exact) mass is 303 g/mol. The topological polar surface area (TPSA) is 27.6 Å². The van der Waals surface area contributed by atoms with Gasteiger partial charge in [-0.1, -0.05) is 17.7 Å². The Balaban J connectivity index is 1.94. The van der Waals surface area contributed by atoms with Crippen LogP contribution < -0.4 is 10.3 Å². The summed E-state index contributed by atoms with van der Waals surface area (Å²) in [6, 6.07) is 12.1. The summed E-state index contributed by atoms with van der Waals surface area (Å²) in [5.74, 6) is -0.255. The Morgan fingerprint density at radius 1 is 1.24 bits per heavy atom. The molecule has 1 aliphatic heterocycles. The number of hydrogen-bond acceptors (Lipinski definition) is 3. The van der Waals surface area contributed by atoms with Crippen molar-refractivity contribution in [2.24, 2.45) is 5.10 Å². The second-order valence-electron chi connectivity index (χ2n) is 4.84. The highest BCUT2D eigenvalue weighted by molar-refractivity contribution is 6.31. The van der Waals surface area contributed by atoms with Crippen molar-refractivity contribution in [3.05, 3.63) is 58.9 Å². The van der Waals surface area contributed by atoms with Crippen LogP contribution in [0.1, 0.15) is 12.0 Å². The van der Waals surface area contributed by atoms with Crippen LogP contribution in [0.5, 0.6) is 0 Å². The highest BCUT2D eigenvalue weighted by atomic mass is 35.5. The molecule has 0 radical (unpaired) electrons. The zero-order valence-corrected chi connectivity index (χ0v) is 12.4. The first-order valence-electron chi connectivity index (χ1n) is 6.75. The maximum absolute atomic E-state index is 13.3. The minimum absolute atomic E-state index is 0.255. The SMILES string of the molecule is CNc1ccc(Cl)cc1C1=NN(c2cccc(F)c2)CC1. The Labute approximate surface area is 128 Å². The Morgan fingerprint density at radius 2 is 2.10 bits per heavy atom. The molecule has 3 rings (SSSR count). The number of rotatable bonds is 3. The molecule has 0 bridgehead atoms. The average molecular weight is 304 g/mol. The first-order chi connectivity index (χ1) is 10.2. The van der Waals surface area contributed by atoms with Crippen LogP contribution in [0.3, 0.4) is 0 Å². The Kier molecular flexibility index (Phi) is 3.80. The van der Waals surface area contributed by atoms with Crippen LogP contribution in [0.4, 0.5) is 15.8 Å². The lowest BCUT2D eigenvalue weighted by Gasteiger charge is -2.13. The molecule has 0 amide bonds. The molecule has 0 atom stereocenters. The van der Waals surface area contributed by atoms with E-state index in [1.54, 1.807) is 6.07 Å². The van der Waals surface area contributed by atoms with E-state index in [1.807, 2.05) is 36.3 Å². The van der Waals surface area contributed by atoms with Gasteiger partial charge in [-0.2, -0.15) is 5.10 Å². The van der Waals surface area contributed by atoms with E-state index in [9.17, 15) is 4.39 Å². The fourth-order valence-electron chi connectivity index (χ4n) is 2.44. The van der Waals surface area contributed by atoms with Crippen molar-refractivity contribution in [3.63, 3.8) is 0 Å². The summed E-state index contributed by atoms with van der Waals surface area (Å²) < 4.78 is 13.3. The van der Waals surface area contributed by atoms with E-state index < -0.39 is 0 Å². The Hall–Kier alpha value is -2.07. The van der Waals surface area contributed by atoms with Crippen molar-refractivity contribution in [2.45, 2.75) is 6.42 Å². The van der Waals surface area contributed by atoms with Crippen molar-refractivity contribution in [3.8, 4) is 0 Å². The summed E-state index contributed by atoms with van der Waals surface area (Å²) in [5.41, 5.74) is 3.69. The molecule has 1 aliphatic rings. The summed E-state index contributed by atoms with van der Waals surface area (Å²) >= 11 is 6.08. The maximum atomic E-state index is 13.3. The van der Waals surface area contributed by atoms with Crippen molar-refractivity contribution in [2.75, 3.05) is 23.9 Å². The minimum Gasteiger partial charge on any atom is -0.388 e. The van der Waals surface area contributed by atoms with Crippen LogP contribution in [0.15, 0.2) is 47.6 Å². The molecule has 2 aromatic carbocycles. The summed E-state index contributed by atoms with van der Waals surface area (Å²) in [5, 5.41) is 10.2. The van der Waals surface area contributed by atoms with Gasteiger partial charge in [0.15, 0.2) is 0 Å².